The molecule has 0 aliphatic heterocycles. The summed E-state index contributed by atoms with van der Waals surface area (Å²) in [7, 11) is 0. The Hall–Kier alpha value is -4.08. The molecule has 1 aromatic heterocycles. The molecule has 0 radical (unpaired) electrons. The molecule has 0 aliphatic rings. The molecule has 0 N–H and O–H groups in total. The first-order chi connectivity index (χ1) is 13.2. The maximum Gasteiger partial charge on any atom is 0.0992 e. The average Bonchev–Trinajstić information content (AvgIpc) is 3.06. The van der Waals surface area contributed by atoms with Gasteiger partial charge in [-0.15, -0.1) is 0 Å². The summed E-state index contributed by atoms with van der Waals surface area (Å²) in [6.45, 7) is 4.22. The van der Waals surface area contributed by atoms with Gasteiger partial charge in [-0.2, -0.15) is 10.5 Å². The van der Waals surface area contributed by atoms with E-state index in [4.69, 9.17) is 5.26 Å². The van der Waals surface area contributed by atoms with E-state index in [0.717, 1.165) is 32.6 Å². The van der Waals surface area contributed by atoms with Crippen molar-refractivity contribution in [2.45, 2.75) is 0 Å². The van der Waals surface area contributed by atoms with E-state index in [1.165, 1.54) is 12.2 Å². The summed E-state index contributed by atoms with van der Waals surface area (Å²) < 4.78 is 2.09. The molecule has 0 atom stereocenters. The number of para-hydroxylation sites is 1. The zero-order valence-electron chi connectivity index (χ0n) is 14.6. The van der Waals surface area contributed by atoms with E-state index >= 15 is 0 Å². The van der Waals surface area contributed by atoms with Crippen molar-refractivity contribution in [3.05, 3.63) is 91.0 Å². The summed E-state index contributed by atoms with van der Waals surface area (Å²) in [5, 5.41) is 22.7. The number of nitriles is 2. The van der Waals surface area contributed by atoms with Gasteiger partial charge in [0, 0.05) is 27.9 Å². The molecule has 0 saturated heterocycles. The maximum atomic E-state index is 9.37. The van der Waals surface area contributed by atoms with E-state index in [-0.39, 0.29) is 0 Å². The van der Waals surface area contributed by atoms with Crippen molar-refractivity contribution in [2.75, 3.05) is 0 Å². The fourth-order valence-electron chi connectivity index (χ4n) is 3.52. The molecule has 0 amide bonds. The molecule has 3 aromatic carbocycles. The highest BCUT2D eigenvalue weighted by Crippen LogP contribution is 2.36. The van der Waals surface area contributed by atoms with Crippen LogP contribution >= 0.6 is 0 Å². The van der Waals surface area contributed by atoms with Crippen LogP contribution < -0.4 is 0 Å². The van der Waals surface area contributed by atoms with E-state index in [1.807, 2.05) is 30.3 Å². The first kappa shape index (κ1) is 16.4. The molecule has 0 unspecified atom stereocenters. The Balaban J connectivity index is 2.09. The van der Waals surface area contributed by atoms with Crippen molar-refractivity contribution in [1.29, 1.82) is 10.5 Å². The van der Waals surface area contributed by atoms with Gasteiger partial charge in [-0.05, 0) is 23.6 Å². The van der Waals surface area contributed by atoms with Crippen LogP contribution in [0.2, 0.25) is 0 Å². The highest BCUT2D eigenvalue weighted by Gasteiger charge is 2.14. The topological polar surface area (TPSA) is 52.5 Å². The highest BCUT2D eigenvalue weighted by atomic mass is 15.0. The van der Waals surface area contributed by atoms with E-state index in [1.54, 1.807) is 6.08 Å². The second-order valence-corrected chi connectivity index (χ2v) is 6.20. The molecule has 3 nitrogen and oxygen atoms in total. The van der Waals surface area contributed by atoms with Gasteiger partial charge in [0.2, 0.25) is 0 Å². The third-order valence-corrected chi connectivity index (χ3v) is 4.64. The molecule has 1 heterocycles. The third kappa shape index (κ3) is 2.68. The van der Waals surface area contributed by atoms with Crippen molar-refractivity contribution in [3.8, 4) is 12.1 Å². The van der Waals surface area contributed by atoms with Crippen LogP contribution in [0.4, 0.5) is 0 Å². The van der Waals surface area contributed by atoms with Gasteiger partial charge in [0.15, 0.2) is 0 Å². The SMILES string of the molecule is C=C(/C=C(C#N)\C=C\C#N)n1c2ccccc2c2ccc3ccccc3c21. The molecule has 4 aromatic rings. The van der Waals surface area contributed by atoms with Crippen molar-refractivity contribution in [1.82, 2.24) is 4.57 Å². The number of nitrogens with zero attached hydrogens (tertiary/aromatic N) is 3. The fraction of sp³-hybridized carbons (Fsp3) is 0. The smallest absolute Gasteiger partial charge is 0.0992 e. The van der Waals surface area contributed by atoms with Gasteiger partial charge in [0.05, 0.1) is 28.7 Å². The fourth-order valence-corrected chi connectivity index (χ4v) is 3.52. The second-order valence-electron chi connectivity index (χ2n) is 6.20. The standard InChI is InChI=1S/C24H15N3/c1-17(15-18(16-26)7-6-14-25)27-23-11-5-4-10-21(23)22-13-12-19-8-2-3-9-20(19)24(22)27/h2-13,15H,1H2/b7-6+,18-15+. The molecule has 0 bridgehead atoms. The number of aromatic nitrogens is 1. The van der Waals surface area contributed by atoms with E-state index < -0.39 is 0 Å². The van der Waals surface area contributed by atoms with Crippen LogP contribution in [0.5, 0.6) is 0 Å². The van der Waals surface area contributed by atoms with Gasteiger partial charge in [0.25, 0.3) is 0 Å². The lowest BCUT2D eigenvalue weighted by molar-refractivity contribution is 1.25. The lowest BCUT2D eigenvalue weighted by atomic mass is 10.1. The monoisotopic (exact) mass is 345 g/mol. The summed E-state index contributed by atoms with van der Waals surface area (Å²) in [5.74, 6) is 0. The molecular formula is C24H15N3. The Morgan fingerprint density at radius 2 is 1.63 bits per heavy atom. The van der Waals surface area contributed by atoms with Crippen LogP contribution in [0.1, 0.15) is 0 Å². The summed E-state index contributed by atoms with van der Waals surface area (Å²) in [4.78, 5) is 0. The molecule has 0 fully saturated rings. The quantitative estimate of drug-likeness (QED) is 0.340. The number of hydrogen-bond donors (Lipinski definition) is 0. The summed E-state index contributed by atoms with van der Waals surface area (Å²) in [6.07, 6.45) is 4.50. The van der Waals surface area contributed by atoms with Crippen LogP contribution in [0.25, 0.3) is 38.3 Å². The Kier molecular flexibility index (Phi) is 4.05. The van der Waals surface area contributed by atoms with Crippen molar-refractivity contribution >= 4 is 38.3 Å². The Labute approximate surface area is 157 Å². The van der Waals surface area contributed by atoms with Crippen LogP contribution in [0.15, 0.2) is 91.0 Å². The zero-order chi connectivity index (χ0) is 18.8. The minimum atomic E-state index is 0.382. The number of hydrogen-bond acceptors (Lipinski definition) is 2. The molecule has 0 spiro atoms. The molecule has 4 rings (SSSR count). The Morgan fingerprint density at radius 1 is 0.889 bits per heavy atom. The third-order valence-electron chi connectivity index (χ3n) is 4.64. The molecule has 126 valence electrons. The number of rotatable bonds is 3. The Bertz CT molecular complexity index is 1350. The summed E-state index contributed by atoms with van der Waals surface area (Å²) in [6, 6.07) is 24.7. The van der Waals surface area contributed by atoms with Gasteiger partial charge >= 0.3 is 0 Å². The van der Waals surface area contributed by atoms with Crippen LogP contribution in [0.3, 0.4) is 0 Å². The van der Waals surface area contributed by atoms with Crippen LogP contribution in [-0.2, 0) is 0 Å². The highest BCUT2D eigenvalue weighted by molar-refractivity contribution is 6.19. The first-order valence-electron chi connectivity index (χ1n) is 8.53. The lowest BCUT2D eigenvalue weighted by Gasteiger charge is -2.09. The number of allylic oxidation sites excluding steroid dienone is 5. The normalized spacial score (nSPS) is 11.9. The molecular weight excluding hydrogens is 330 g/mol. The van der Waals surface area contributed by atoms with E-state index in [9.17, 15) is 5.26 Å². The molecule has 0 saturated carbocycles. The van der Waals surface area contributed by atoms with Gasteiger partial charge in [-0.3, -0.25) is 0 Å². The van der Waals surface area contributed by atoms with Gasteiger partial charge in [-0.1, -0.05) is 61.2 Å². The second kappa shape index (κ2) is 6.67. The van der Waals surface area contributed by atoms with Gasteiger partial charge in [0.1, 0.15) is 0 Å². The van der Waals surface area contributed by atoms with E-state index in [2.05, 4.69) is 53.6 Å². The minimum Gasteiger partial charge on any atom is -0.309 e. The molecule has 3 heteroatoms. The van der Waals surface area contributed by atoms with Crippen LogP contribution in [-0.4, -0.2) is 4.57 Å². The maximum absolute atomic E-state index is 9.37. The zero-order valence-corrected chi connectivity index (χ0v) is 14.6. The number of fused-ring (bicyclic) bond motifs is 5. The van der Waals surface area contributed by atoms with Crippen molar-refractivity contribution in [3.63, 3.8) is 0 Å². The molecule has 0 aliphatic carbocycles. The van der Waals surface area contributed by atoms with Crippen molar-refractivity contribution in [2.24, 2.45) is 0 Å². The minimum absolute atomic E-state index is 0.382. The van der Waals surface area contributed by atoms with Crippen molar-refractivity contribution < 1.29 is 0 Å². The average molecular weight is 345 g/mol. The Morgan fingerprint density at radius 3 is 2.41 bits per heavy atom. The van der Waals surface area contributed by atoms with Gasteiger partial charge < -0.3 is 4.57 Å². The predicted octanol–water partition coefficient (Wildman–Crippen LogP) is 5.95. The summed E-state index contributed by atoms with van der Waals surface area (Å²) in [5.41, 5.74) is 3.16. The van der Waals surface area contributed by atoms with Gasteiger partial charge in [-0.25, -0.2) is 0 Å². The predicted molar refractivity (Wildman–Crippen MR) is 111 cm³/mol. The summed E-state index contributed by atoms with van der Waals surface area (Å²) >= 11 is 0. The first-order valence-corrected chi connectivity index (χ1v) is 8.53. The largest absolute Gasteiger partial charge is 0.309 e. The number of benzene rings is 3. The van der Waals surface area contributed by atoms with Crippen LogP contribution in [0, 0.1) is 22.7 Å². The van der Waals surface area contributed by atoms with E-state index in [0.29, 0.717) is 11.3 Å². The lowest BCUT2D eigenvalue weighted by Crippen LogP contribution is -1.94. The molecule has 27 heavy (non-hydrogen) atoms.